The summed E-state index contributed by atoms with van der Waals surface area (Å²) < 4.78 is 10.6. The molecule has 98 valence electrons. The highest BCUT2D eigenvalue weighted by Gasteiger charge is 2.17. The van der Waals surface area contributed by atoms with Gasteiger partial charge in [0, 0.05) is 10.5 Å². The fraction of sp³-hybridized carbons (Fsp3) is 0.364. The summed E-state index contributed by atoms with van der Waals surface area (Å²) in [6.07, 6.45) is -0.821. The molecule has 1 aromatic rings. The van der Waals surface area contributed by atoms with E-state index in [0.29, 0.717) is 4.47 Å². The van der Waals surface area contributed by atoms with Crippen LogP contribution in [0.1, 0.15) is 13.8 Å². The number of hydrogen-bond acceptors (Lipinski definition) is 5. The van der Waals surface area contributed by atoms with Crippen molar-refractivity contribution in [2.45, 2.75) is 20.0 Å². The van der Waals surface area contributed by atoms with Crippen LogP contribution in [0.15, 0.2) is 22.7 Å². The first-order valence-corrected chi connectivity index (χ1v) is 6.01. The first-order valence-electron chi connectivity index (χ1n) is 5.22. The molecule has 0 aliphatic heterocycles. The largest absolute Gasteiger partial charge is 0.479 e. The lowest BCUT2D eigenvalue weighted by Crippen LogP contribution is -2.26. The van der Waals surface area contributed by atoms with Gasteiger partial charge in [-0.1, -0.05) is 15.9 Å². The highest BCUT2D eigenvalue weighted by molar-refractivity contribution is 9.10. The van der Waals surface area contributed by atoms with Crippen LogP contribution in [0.2, 0.25) is 0 Å². The van der Waals surface area contributed by atoms with Crippen molar-refractivity contribution in [3.63, 3.8) is 0 Å². The van der Waals surface area contributed by atoms with Gasteiger partial charge in [-0.15, -0.1) is 0 Å². The van der Waals surface area contributed by atoms with Crippen molar-refractivity contribution in [2.75, 3.05) is 6.61 Å². The summed E-state index contributed by atoms with van der Waals surface area (Å²) in [4.78, 5) is 21.5. The van der Waals surface area contributed by atoms with Gasteiger partial charge in [0.2, 0.25) is 0 Å². The molecule has 6 nitrogen and oxygen atoms in total. The standard InChI is InChI=1S/C11H12BrNO5/c1-3-17-11(14)7(2)18-10-5-8(12)4-9(6-10)13(15)16/h4-7H,3H2,1-2H3. The molecule has 1 unspecified atom stereocenters. The Hall–Kier alpha value is -1.63. The first-order chi connectivity index (χ1) is 8.43. The highest BCUT2D eigenvalue weighted by atomic mass is 79.9. The topological polar surface area (TPSA) is 78.7 Å². The van der Waals surface area contributed by atoms with E-state index in [9.17, 15) is 14.9 Å². The third-order valence-corrected chi connectivity index (χ3v) is 2.46. The summed E-state index contributed by atoms with van der Waals surface area (Å²) in [7, 11) is 0. The number of benzene rings is 1. The number of nitrogens with zero attached hydrogens (tertiary/aromatic N) is 1. The highest BCUT2D eigenvalue weighted by Crippen LogP contribution is 2.26. The van der Waals surface area contributed by atoms with Gasteiger partial charge in [0.15, 0.2) is 6.10 Å². The Morgan fingerprint density at radius 3 is 2.72 bits per heavy atom. The Bertz CT molecular complexity index is 463. The second-order valence-electron chi connectivity index (χ2n) is 3.41. The first kappa shape index (κ1) is 14.4. The third kappa shape index (κ3) is 3.99. The normalized spacial score (nSPS) is 11.7. The zero-order chi connectivity index (χ0) is 13.7. The van der Waals surface area contributed by atoms with E-state index in [4.69, 9.17) is 9.47 Å². The van der Waals surface area contributed by atoms with Gasteiger partial charge in [-0.2, -0.15) is 0 Å². The number of non-ortho nitro benzene ring substituents is 1. The number of hydrogen-bond donors (Lipinski definition) is 0. The van der Waals surface area contributed by atoms with Crippen molar-refractivity contribution in [1.82, 2.24) is 0 Å². The molecule has 1 atom stereocenters. The molecule has 7 heteroatoms. The third-order valence-electron chi connectivity index (χ3n) is 2.00. The van der Waals surface area contributed by atoms with Crippen LogP contribution < -0.4 is 4.74 Å². The lowest BCUT2D eigenvalue weighted by atomic mass is 10.3. The zero-order valence-electron chi connectivity index (χ0n) is 9.88. The van der Waals surface area contributed by atoms with Crippen LogP contribution in [0, 0.1) is 10.1 Å². The fourth-order valence-electron chi connectivity index (χ4n) is 1.23. The van der Waals surface area contributed by atoms with Gasteiger partial charge in [-0.05, 0) is 19.9 Å². The Kier molecular flexibility index (Phi) is 5.08. The Morgan fingerprint density at radius 2 is 2.17 bits per heavy atom. The zero-order valence-corrected chi connectivity index (χ0v) is 11.5. The summed E-state index contributed by atoms with van der Waals surface area (Å²) in [5, 5.41) is 10.7. The minimum absolute atomic E-state index is 0.115. The predicted molar refractivity (Wildman–Crippen MR) is 67.5 cm³/mol. The van der Waals surface area contributed by atoms with Crippen molar-refractivity contribution in [3.8, 4) is 5.75 Å². The molecule has 18 heavy (non-hydrogen) atoms. The van der Waals surface area contributed by atoms with E-state index >= 15 is 0 Å². The van der Waals surface area contributed by atoms with Crippen LogP contribution in [0.5, 0.6) is 5.75 Å². The van der Waals surface area contributed by atoms with E-state index in [1.807, 2.05) is 0 Å². The maximum atomic E-state index is 11.4. The van der Waals surface area contributed by atoms with E-state index in [1.165, 1.54) is 19.1 Å². The molecule has 1 aromatic carbocycles. The van der Waals surface area contributed by atoms with Crippen LogP contribution in [-0.4, -0.2) is 23.6 Å². The van der Waals surface area contributed by atoms with E-state index in [0.717, 1.165) is 0 Å². The van der Waals surface area contributed by atoms with Crippen LogP contribution in [0.3, 0.4) is 0 Å². The summed E-state index contributed by atoms with van der Waals surface area (Å²) in [5.74, 6) is -0.281. The van der Waals surface area contributed by atoms with Crippen LogP contribution >= 0.6 is 15.9 Å². The number of carbonyl (C=O) groups is 1. The number of esters is 1. The van der Waals surface area contributed by atoms with Gasteiger partial charge in [0.05, 0.1) is 17.6 Å². The fourth-order valence-corrected chi connectivity index (χ4v) is 1.69. The molecule has 1 rings (SSSR count). The minimum Gasteiger partial charge on any atom is -0.479 e. The molecule has 0 aliphatic carbocycles. The number of nitro groups is 1. The molecule has 0 N–H and O–H groups in total. The van der Waals surface area contributed by atoms with Gasteiger partial charge in [0.25, 0.3) is 5.69 Å². The number of carbonyl (C=O) groups excluding carboxylic acids is 1. The van der Waals surface area contributed by atoms with Gasteiger partial charge in [-0.3, -0.25) is 10.1 Å². The lowest BCUT2D eigenvalue weighted by Gasteiger charge is -2.13. The van der Waals surface area contributed by atoms with Crippen LogP contribution in [0.25, 0.3) is 0 Å². The van der Waals surface area contributed by atoms with E-state index in [-0.39, 0.29) is 18.0 Å². The van der Waals surface area contributed by atoms with Gasteiger partial charge in [-0.25, -0.2) is 4.79 Å². The van der Waals surface area contributed by atoms with Crippen LogP contribution in [-0.2, 0) is 9.53 Å². The SMILES string of the molecule is CCOC(=O)C(C)Oc1cc(Br)cc([N+](=O)[O-])c1. The molecule has 0 heterocycles. The Balaban J connectivity index is 2.84. The van der Waals surface area contributed by atoms with Gasteiger partial charge < -0.3 is 9.47 Å². The van der Waals surface area contributed by atoms with E-state index in [2.05, 4.69) is 15.9 Å². The second-order valence-corrected chi connectivity index (χ2v) is 4.33. The Labute approximate surface area is 112 Å². The monoisotopic (exact) mass is 317 g/mol. The minimum atomic E-state index is -0.821. The molecule has 0 radical (unpaired) electrons. The van der Waals surface area contributed by atoms with Crippen molar-refractivity contribution < 1.29 is 19.2 Å². The molecule has 0 saturated heterocycles. The van der Waals surface area contributed by atoms with Crippen molar-refractivity contribution in [2.24, 2.45) is 0 Å². The molecular formula is C11H12BrNO5. The summed E-state index contributed by atoms with van der Waals surface area (Å²) in [5.41, 5.74) is -0.115. The second kappa shape index (κ2) is 6.34. The molecule has 0 amide bonds. The molecule has 0 bridgehead atoms. The summed E-state index contributed by atoms with van der Waals surface area (Å²) >= 11 is 3.14. The maximum Gasteiger partial charge on any atom is 0.347 e. The lowest BCUT2D eigenvalue weighted by molar-refractivity contribution is -0.385. The van der Waals surface area contributed by atoms with Crippen LogP contribution in [0.4, 0.5) is 5.69 Å². The number of rotatable bonds is 5. The van der Waals surface area contributed by atoms with Crippen molar-refractivity contribution >= 4 is 27.6 Å². The predicted octanol–water partition coefficient (Wildman–Crippen LogP) is 2.69. The van der Waals surface area contributed by atoms with Gasteiger partial charge in [0.1, 0.15) is 5.75 Å². The van der Waals surface area contributed by atoms with E-state index in [1.54, 1.807) is 13.0 Å². The number of ether oxygens (including phenoxy) is 2. The quantitative estimate of drug-likeness (QED) is 0.474. The summed E-state index contributed by atoms with van der Waals surface area (Å²) in [6.45, 7) is 3.46. The molecular weight excluding hydrogens is 306 g/mol. The molecule has 0 fully saturated rings. The molecule has 0 aromatic heterocycles. The number of halogens is 1. The average Bonchev–Trinajstić information content (AvgIpc) is 2.28. The Morgan fingerprint density at radius 1 is 1.50 bits per heavy atom. The maximum absolute atomic E-state index is 11.4. The summed E-state index contributed by atoms with van der Waals surface area (Å²) in [6, 6.07) is 4.14. The van der Waals surface area contributed by atoms with Crippen molar-refractivity contribution in [3.05, 3.63) is 32.8 Å². The molecule has 0 spiro atoms. The van der Waals surface area contributed by atoms with Crippen molar-refractivity contribution in [1.29, 1.82) is 0 Å². The number of nitro benzene ring substituents is 1. The smallest absolute Gasteiger partial charge is 0.347 e. The average molecular weight is 318 g/mol. The van der Waals surface area contributed by atoms with Gasteiger partial charge >= 0.3 is 5.97 Å². The molecule has 0 aliphatic rings. The molecule has 0 saturated carbocycles. The van der Waals surface area contributed by atoms with E-state index < -0.39 is 17.0 Å².